The van der Waals surface area contributed by atoms with Crippen LogP contribution >= 0.6 is 11.8 Å². The van der Waals surface area contributed by atoms with Gasteiger partial charge in [0.05, 0.1) is 5.69 Å². The van der Waals surface area contributed by atoms with Crippen LogP contribution in [0.4, 0.5) is 5.82 Å². The van der Waals surface area contributed by atoms with E-state index >= 15 is 0 Å². The average molecular weight is 263 g/mol. The fourth-order valence-electron chi connectivity index (χ4n) is 2.99. The van der Waals surface area contributed by atoms with Crippen LogP contribution in [0.2, 0.25) is 0 Å². The molecule has 0 unspecified atom stereocenters. The van der Waals surface area contributed by atoms with Crippen LogP contribution in [0.1, 0.15) is 67.9 Å². The maximum absolute atomic E-state index is 6.08. The molecule has 4 heteroatoms. The minimum Gasteiger partial charge on any atom is -0.383 e. The lowest BCUT2D eigenvalue weighted by Gasteiger charge is -2.19. The van der Waals surface area contributed by atoms with Crippen molar-refractivity contribution in [2.75, 3.05) is 5.73 Å². The lowest BCUT2D eigenvalue weighted by molar-refractivity contribution is 0.442. The van der Waals surface area contributed by atoms with Crippen LogP contribution in [0.25, 0.3) is 0 Å². The average Bonchev–Trinajstić information content (AvgIpc) is 2.77. The van der Waals surface area contributed by atoms with E-state index in [1.165, 1.54) is 56.2 Å². The number of nitrogen functional groups attached to an aromatic ring is 1. The van der Waals surface area contributed by atoms with Crippen molar-refractivity contribution in [3.63, 3.8) is 0 Å². The van der Waals surface area contributed by atoms with Gasteiger partial charge in [0, 0.05) is 23.0 Å². The summed E-state index contributed by atoms with van der Waals surface area (Å²) >= 11 is 1.90. The predicted molar refractivity (Wildman–Crippen MR) is 76.5 cm³/mol. The maximum Gasteiger partial charge on any atom is 0.134 e. The fraction of sp³-hybridized carbons (Fsp3) is 0.714. The molecule has 0 bridgehead atoms. The molecule has 1 aromatic heterocycles. The Labute approximate surface area is 113 Å². The second kappa shape index (κ2) is 5.47. The van der Waals surface area contributed by atoms with Crippen LogP contribution in [-0.2, 0) is 11.5 Å². The zero-order chi connectivity index (χ0) is 12.4. The van der Waals surface area contributed by atoms with Gasteiger partial charge in [-0.05, 0) is 12.8 Å². The van der Waals surface area contributed by atoms with E-state index in [1.54, 1.807) is 0 Å². The summed E-state index contributed by atoms with van der Waals surface area (Å²) in [5, 5.41) is 0. The summed E-state index contributed by atoms with van der Waals surface area (Å²) in [4.78, 5) is 9.39. The summed E-state index contributed by atoms with van der Waals surface area (Å²) in [5.41, 5.74) is 8.47. The second-order valence-corrected chi connectivity index (χ2v) is 6.41. The molecule has 1 saturated carbocycles. The molecule has 0 radical (unpaired) electrons. The summed E-state index contributed by atoms with van der Waals surface area (Å²) < 4.78 is 0. The Morgan fingerprint density at radius 3 is 2.44 bits per heavy atom. The first-order valence-corrected chi connectivity index (χ1v) is 8.23. The van der Waals surface area contributed by atoms with E-state index in [9.17, 15) is 0 Å². The molecule has 2 aliphatic rings. The number of thioether (sulfide) groups is 1. The van der Waals surface area contributed by atoms with Crippen molar-refractivity contribution in [2.45, 2.75) is 62.4 Å². The van der Waals surface area contributed by atoms with Gasteiger partial charge in [-0.1, -0.05) is 32.1 Å². The van der Waals surface area contributed by atoms with Crippen LogP contribution in [0.15, 0.2) is 0 Å². The molecule has 0 aromatic carbocycles. The highest BCUT2D eigenvalue weighted by Crippen LogP contribution is 2.35. The summed E-state index contributed by atoms with van der Waals surface area (Å²) in [7, 11) is 0. The second-order valence-electron chi connectivity index (χ2n) is 5.43. The highest BCUT2D eigenvalue weighted by atomic mass is 32.2. The molecule has 3 rings (SSSR count). The third-order valence-corrected chi connectivity index (χ3v) is 5.07. The summed E-state index contributed by atoms with van der Waals surface area (Å²) in [5.74, 6) is 4.31. The van der Waals surface area contributed by atoms with Gasteiger partial charge in [0.25, 0.3) is 0 Å². The number of fused-ring (bicyclic) bond motifs is 1. The van der Waals surface area contributed by atoms with E-state index in [-0.39, 0.29) is 0 Å². The third kappa shape index (κ3) is 2.48. The Kier molecular flexibility index (Phi) is 3.73. The van der Waals surface area contributed by atoms with E-state index in [2.05, 4.69) is 4.98 Å². The van der Waals surface area contributed by atoms with E-state index in [0.717, 1.165) is 23.1 Å². The number of hydrogen-bond acceptors (Lipinski definition) is 4. The first-order valence-electron chi connectivity index (χ1n) is 7.07. The van der Waals surface area contributed by atoms with Crippen molar-refractivity contribution in [1.82, 2.24) is 9.97 Å². The molecule has 1 aliphatic carbocycles. The minimum absolute atomic E-state index is 0.545. The molecular weight excluding hydrogens is 242 g/mol. The number of hydrogen-bond donors (Lipinski definition) is 1. The molecule has 0 spiro atoms. The first kappa shape index (κ1) is 12.3. The van der Waals surface area contributed by atoms with Crippen LogP contribution in [0, 0.1) is 0 Å². The van der Waals surface area contributed by atoms with Crippen molar-refractivity contribution in [2.24, 2.45) is 0 Å². The molecule has 98 valence electrons. The Balaban J connectivity index is 1.84. The zero-order valence-electron chi connectivity index (χ0n) is 10.8. The van der Waals surface area contributed by atoms with Crippen molar-refractivity contribution < 1.29 is 0 Å². The van der Waals surface area contributed by atoms with E-state index in [1.807, 2.05) is 11.8 Å². The minimum atomic E-state index is 0.545. The highest BCUT2D eigenvalue weighted by Gasteiger charge is 2.22. The lowest BCUT2D eigenvalue weighted by Crippen LogP contribution is -2.11. The monoisotopic (exact) mass is 263 g/mol. The van der Waals surface area contributed by atoms with Crippen LogP contribution < -0.4 is 5.73 Å². The molecule has 1 aromatic rings. The first-order chi connectivity index (χ1) is 8.84. The maximum atomic E-state index is 6.08. The molecule has 18 heavy (non-hydrogen) atoms. The van der Waals surface area contributed by atoms with Gasteiger partial charge < -0.3 is 5.73 Å². The van der Waals surface area contributed by atoms with Gasteiger partial charge in [-0.3, -0.25) is 0 Å². The number of anilines is 1. The molecular formula is C14H21N3S. The molecule has 2 N–H and O–H groups in total. The van der Waals surface area contributed by atoms with Crippen LogP contribution in [0.3, 0.4) is 0 Å². The quantitative estimate of drug-likeness (QED) is 0.840. The summed E-state index contributed by atoms with van der Waals surface area (Å²) in [6, 6.07) is 0. The van der Waals surface area contributed by atoms with Gasteiger partial charge in [-0.25, -0.2) is 9.97 Å². The van der Waals surface area contributed by atoms with Gasteiger partial charge in [0.1, 0.15) is 11.6 Å². The zero-order valence-corrected chi connectivity index (χ0v) is 11.6. The Morgan fingerprint density at radius 1 is 0.944 bits per heavy atom. The Hall–Kier alpha value is -0.770. The number of rotatable bonds is 1. The number of nitrogens with two attached hydrogens (primary N) is 1. The predicted octanol–water partition coefficient (Wildman–Crippen LogP) is 3.63. The van der Waals surface area contributed by atoms with Gasteiger partial charge in [0.2, 0.25) is 0 Å². The fourth-order valence-corrected chi connectivity index (χ4v) is 4.05. The molecule has 1 aliphatic heterocycles. The molecule has 0 saturated heterocycles. The Morgan fingerprint density at radius 2 is 1.67 bits per heavy atom. The van der Waals surface area contributed by atoms with Crippen LogP contribution in [0.5, 0.6) is 0 Å². The Bertz CT molecular complexity index is 425. The smallest absolute Gasteiger partial charge is 0.134 e. The lowest BCUT2D eigenvalue weighted by atomic mass is 9.90. The van der Waals surface area contributed by atoms with E-state index < -0.39 is 0 Å². The standard InChI is InChI=1S/C14H21N3S/c15-13-11-8-18-9-12(11)16-14(17-13)10-6-4-2-1-3-5-7-10/h10H,1-9H2,(H2,15,16,17). The van der Waals surface area contributed by atoms with E-state index in [0.29, 0.717) is 5.92 Å². The van der Waals surface area contributed by atoms with Gasteiger partial charge in [-0.2, -0.15) is 11.8 Å². The number of nitrogens with zero attached hydrogens (tertiary/aromatic N) is 2. The normalized spacial score (nSPS) is 21.3. The highest BCUT2D eigenvalue weighted by molar-refractivity contribution is 7.98. The molecule has 2 heterocycles. The number of aromatic nitrogens is 2. The summed E-state index contributed by atoms with van der Waals surface area (Å²) in [6.07, 6.45) is 9.26. The topological polar surface area (TPSA) is 51.8 Å². The van der Waals surface area contributed by atoms with Gasteiger partial charge in [0.15, 0.2) is 0 Å². The largest absolute Gasteiger partial charge is 0.383 e. The molecule has 3 nitrogen and oxygen atoms in total. The van der Waals surface area contributed by atoms with Crippen LogP contribution in [-0.4, -0.2) is 9.97 Å². The third-order valence-electron chi connectivity index (χ3n) is 4.10. The molecule has 0 atom stereocenters. The van der Waals surface area contributed by atoms with Crippen molar-refractivity contribution in [3.05, 3.63) is 17.1 Å². The van der Waals surface area contributed by atoms with Gasteiger partial charge in [-0.15, -0.1) is 0 Å². The van der Waals surface area contributed by atoms with Crippen molar-refractivity contribution in [3.8, 4) is 0 Å². The van der Waals surface area contributed by atoms with Gasteiger partial charge >= 0.3 is 0 Å². The molecule has 1 fully saturated rings. The van der Waals surface area contributed by atoms with Crippen molar-refractivity contribution in [1.29, 1.82) is 0 Å². The SMILES string of the molecule is Nc1nc(C2CCCCCCC2)nc2c1CSC2. The van der Waals surface area contributed by atoms with Crippen molar-refractivity contribution >= 4 is 17.6 Å². The molecule has 0 amide bonds. The van der Waals surface area contributed by atoms with E-state index in [4.69, 9.17) is 10.7 Å². The summed E-state index contributed by atoms with van der Waals surface area (Å²) in [6.45, 7) is 0.